The summed E-state index contributed by atoms with van der Waals surface area (Å²) in [5.41, 5.74) is 2.27. The molecule has 1 saturated carbocycles. The third-order valence-electron chi connectivity index (χ3n) is 6.83. The lowest BCUT2D eigenvalue weighted by molar-refractivity contribution is -0.132. The van der Waals surface area contributed by atoms with Crippen molar-refractivity contribution in [3.8, 4) is 0 Å². The number of rotatable bonds is 5. The number of carbonyl (C=O) groups excluding carboxylic acids is 2. The summed E-state index contributed by atoms with van der Waals surface area (Å²) in [6, 6.07) is 10.5. The van der Waals surface area contributed by atoms with E-state index in [0.717, 1.165) is 62.6 Å². The molecule has 0 radical (unpaired) electrons. The third-order valence-corrected chi connectivity index (χ3v) is 7.83. The summed E-state index contributed by atoms with van der Waals surface area (Å²) in [5.74, 6) is 0.199. The Labute approximate surface area is 199 Å². The molecule has 0 atom stereocenters. The van der Waals surface area contributed by atoms with Crippen molar-refractivity contribution in [2.24, 2.45) is 0 Å². The summed E-state index contributed by atoms with van der Waals surface area (Å²) < 4.78 is 0. The Kier molecular flexibility index (Phi) is 6.78. The number of fused-ring (bicyclic) bond motifs is 1. The predicted molar refractivity (Wildman–Crippen MR) is 131 cm³/mol. The summed E-state index contributed by atoms with van der Waals surface area (Å²) in [5, 5.41) is 6.61. The van der Waals surface area contributed by atoms with Crippen LogP contribution in [0.4, 0.5) is 15.6 Å². The second-order valence-electron chi connectivity index (χ2n) is 9.13. The zero-order chi connectivity index (χ0) is 22.6. The van der Waals surface area contributed by atoms with E-state index >= 15 is 0 Å². The zero-order valence-electron chi connectivity index (χ0n) is 19.0. The van der Waals surface area contributed by atoms with Crippen LogP contribution >= 0.6 is 11.3 Å². The zero-order valence-corrected chi connectivity index (χ0v) is 19.8. The molecule has 1 aliphatic carbocycles. The van der Waals surface area contributed by atoms with Crippen molar-refractivity contribution in [1.82, 2.24) is 20.1 Å². The molecule has 2 aromatic rings. The van der Waals surface area contributed by atoms with Crippen LogP contribution in [0.2, 0.25) is 0 Å². The lowest BCUT2D eigenvalue weighted by atomic mass is 10.2. The minimum absolute atomic E-state index is 0.158. The van der Waals surface area contributed by atoms with E-state index in [1.165, 1.54) is 29.9 Å². The molecular weight excluding hydrogens is 436 g/mol. The molecule has 0 unspecified atom stereocenters. The van der Waals surface area contributed by atoms with E-state index in [-0.39, 0.29) is 18.0 Å². The van der Waals surface area contributed by atoms with Crippen LogP contribution in [-0.2, 0) is 17.8 Å². The summed E-state index contributed by atoms with van der Waals surface area (Å²) in [7, 11) is 0. The number of amides is 3. The van der Waals surface area contributed by atoms with Gasteiger partial charge in [0.15, 0.2) is 5.13 Å². The maximum Gasteiger partial charge on any atom is 0.321 e. The molecule has 176 valence electrons. The van der Waals surface area contributed by atoms with Crippen molar-refractivity contribution < 1.29 is 9.59 Å². The number of benzene rings is 1. The Bertz CT molecular complexity index is 967. The molecule has 1 aromatic heterocycles. The van der Waals surface area contributed by atoms with Crippen molar-refractivity contribution >= 4 is 34.1 Å². The van der Waals surface area contributed by atoms with Gasteiger partial charge in [0, 0.05) is 62.3 Å². The fraction of sp³-hybridized carbons (Fsp3) is 0.542. The van der Waals surface area contributed by atoms with E-state index in [9.17, 15) is 9.59 Å². The topological polar surface area (TPSA) is 80.8 Å². The van der Waals surface area contributed by atoms with Crippen LogP contribution in [0, 0.1) is 0 Å². The standard InChI is InChI=1S/C24H32N6O2S/c31-22(30-14-12-29(13-15-30)19-8-2-1-3-9-19)17-28-11-10-20-21(16-28)33-24(26-20)27-23(32)25-18-6-4-5-7-18/h1-3,8-9,18H,4-7,10-17H2,(H2,25,26,27,32). The smallest absolute Gasteiger partial charge is 0.321 e. The van der Waals surface area contributed by atoms with Crippen molar-refractivity contribution in [2.45, 2.75) is 44.7 Å². The average Bonchev–Trinajstić information content (AvgIpc) is 3.48. The lowest BCUT2D eigenvalue weighted by Gasteiger charge is -2.37. The summed E-state index contributed by atoms with van der Waals surface area (Å²) >= 11 is 1.53. The van der Waals surface area contributed by atoms with E-state index in [1.807, 2.05) is 11.0 Å². The van der Waals surface area contributed by atoms with Gasteiger partial charge in [-0.1, -0.05) is 31.0 Å². The number of anilines is 2. The molecule has 1 saturated heterocycles. The predicted octanol–water partition coefficient (Wildman–Crippen LogP) is 2.91. The Morgan fingerprint density at radius 1 is 1.03 bits per heavy atom. The molecule has 33 heavy (non-hydrogen) atoms. The molecule has 2 fully saturated rings. The van der Waals surface area contributed by atoms with Crippen LogP contribution in [0.25, 0.3) is 0 Å². The number of urea groups is 1. The first-order chi connectivity index (χ1) is 16.1. The number of piperazine rings is 1. The van der Waals surface area contributed by atoms with Gasteiger partial charge in [-0.05, 0) is 25.0 Å². The van der Waals surface area contributed by atoms with Crippen molar-refractivity contribution in [3.05, 3.63) is 40.9 Å². The molecule has 2 aliphatic heterocycles. The van der Waals surface area contributed by atoms with Gasteiger partial charge in [0.25, 0.3) is 0 Å². The maximum atomic E-state index is 12.9. The SMILES string of the molecule is O=C(Nc1nc2c(s1)CN(CC(=O)N1CCN(c3ccccc3)CC1)CC2)NC1CCCC1. The van der Waals surface area contributed by atoms with Gasteiger partial charge >= 0.3 is 6.03 Å². The number of carbonyl (C=O) groups is 2. The van der Waals surface area contributed by atoms with E-state index < -0.39 is 0 Å². The van der Waals surface area contributed by atoms with E-state index in [4.69, 9.17) is 0 Å². The monoisotopic (exact) mass is 468 g/mol. The van der Waals surface area contributed by atoms with Gasteiger partial charge in [0.1, 0.15) is 0 Å². The molecule has 9 heteroatoms. The minimum Gasteiger partial charge on any atom is -0.368 e. The van der Waals surface area contributed by atoms with Crippen LogP contribution in [0.15, 0.2) is 30.3 Å². The van der Waals surface area contributed by atoms with Crippen LogP contribution in [0.1, 0.15) is 36.3 Å². The third kappa shape index (κ3) is 5.47. The number of hydrogen-bond acceptors (Lipinski definition) is 6. The Morgan fingerprint density at radius 2 is 1.79 bits per heavy atom. The first-order valence-corrected chi connectivity index (χ1v) is 12.8. The fourth-order valence-corrected chi connectivity index (χ4v) is 6.02. The van der Waals surface area contributed by atoms with Crippen molar-refractivity contribution in [3.63, 3.8) is 0 Å². The van der Waals surface area contributed by atoms with E-state index in [1.54, 1.807) is 0 Å². The summed E-state index contributed by atoms with van der Waals surface area (Å²) in [4.78, 5) is 37.5. The highest BCUT2D eigenvalue weighted by molar-refractivity contribution is 7.15. The molecule has 5 rings (SSSR count). The van der Waals surface area contributed by atoms with Crippen LogP contribution < -0.4 is 15.5 Å². The number of nitrogens with one attached hydrogen (secondary N) is 2. The van der Waals surface area contributed by atoms with E-state index in [0.29, 0.717) is 18.2 Å². The van der Waals surface area contributed by atoms with Crippen molar-refractivity contribution in [1.29, 1.82) is 0 Å². The summed E-state index contributed by atoms with van der Waals surface area (Å²) in [6.45, 7) is 5.23. The highest BCUT2D eigenvalue weighted by Crippen LogP contribution is 2.28. The maximum absolute atomic E-state index is 12.9. The molecule has 8 nitrogen and oxygen atoms in total. The van der Waals surface area contributed by atoms with Gasteiger partial charge < -0.3 is 15.1 Å². The van der Waals surface area contributed by atoms with Gasteiger partial charge in [-0.15, -0.1) is 11.3 Å². The number of thiazole rings is 1. The molecular formula is C24H32N6O2S. The van der Waals surface area contributed by atoms with Gasteiger partial charge in [0.2, 0.25) is 5.91 Å². The van der Waals surface area contributed by atoms with Crippen LogP contribution in [0.5, 0.6) is 0 Å². The molecule has 3 heterocycles. The van der Waals surface area contributed by atoms with Crippen LogP contribution in [0.3, 0.4) is 0 Å². The molecule has 3 aliphatic rings. The van der Waals surface area contributed by atoms with Crippen LogP contribution in [-0.4, -0.2) is 72.0 Å². The van der Waals surface area contributed by atoms with Gasteiger partial charge in [0.05, 0.1) is 12.2 Å². The normalized spacial score (nSPS) is 19.4. The quantitative estimate of drug-likeness (QED) is 0.705. The van der Waals surface area contributed by atoms with E-state index in [2.05, 4.69) is 49.7 Å². The number of hydrogen-bond donors (Lipinski definition) is 2. The van der Waals surface area contributed by atoms with Gasteiger partial charge in [-0.3, -0.25) is 15.0 Å². The summed E-state index contributed by atoms with van der Waals surface area (Å²) in [6.07, 6.45) is 5.31. The average molecular weight is 469 g/mol. The van der Waals surface area contributed by atoms with Gasteiger partial charge in [-0.25, -0.2) is 9.78 Å². The first-order valence-electron chi connectivity index (χ1n) is 12.0. The second kappa shape index (κ2) is 10.1. The number of para-hydroxylation sites is 1. The largest absolute Gasteiger partial charge is 0.368 e. The molecule has 2 N–H and O–H groups in total. The molecule has 3 amide bonds. The number of aromatic nitrogens is 1. The highest BCUT2D eigenvalue weighted by Gasteiger charge is 2.27. The molecule has 1 aromatic carbocycles. The second-order valence-corrected chi connectivity index (χ2v) is 10.2. The minimum atomic E-state index is -0.158. The fourth-order valence-electron chi connectivity index (χ4n) is 4.97. The number of nitrogens with zero attached hydrogens (tertiary/aromatic N) is 4. The Hall–Kier alpha value is -2.65. The molecule has 0 spiro atoms. The lowest BCUT2D eigenvalue weighted by Crippen LogP contribution is -2.51. The van der Waals surface area contributed by atoms with Crippen molar-refractivity contribution in [2.75, 3.05) is 49.5 Å². The molecule has 0 bridgehead atoms. The Balaban J connectivity index is 1.09. The highest BCUT2D eigenvalue weighted by atomic mass is 32.1. The Morgan fingerprint density at radius 3 is 2.55 bits per heavy atom. The van der Waals surface area contributed by atoms with Gasteiger partial charge in [-0.2, -0.15) is 0 Å². The first kappa shape index (κ1) is 22.2.